The van der Waals surface area contributed by atoms with Gasteiger partial charge in [0.25, 0.3) is 0 Å². The molecule has 0 saturated carbocycles. The molecule has 1 rings (SSSR count). The summed E-state index contributed by atoms with van der Waals surface area (Å²) in [6.45, 7) is 4.68. The lowest BCUT2D eigenvalue weighted by molar-refractivity contribution is -0.137. The van der Waals surface area contributed by atoms with Gasteiger partial charge in [0.2, 0.25) is 0 Å². The first kappa shape index (κ1) is 15.5. The molecule has 4 heteroatoms. The maximum absolute atomic E-state index is 12.3. The Balaban J connectivity index is 0.00000121. The van der Waals surface area contributed by atoms with E-state index in [1.165, 1.54) is 12.1 Å². The zero-order chi connectivity index (χ0) is 13.5. The highest BCUT2D eigenvalue weighted by Gasteiger charge is 2.30. The molecule has 0 heterocycles. The van der Waals surface area contributed by atoms with Crippen LogP contribution in [0.15, 0.2) is 24.3 Å². The van der Waals surface area contributed by atoms with Crippen molar-refractivity contribution in [3.63, 3.8) is 0 Å². The van der Waals surface area contributed by atoms with E-state index in [-0.39, 0.29) is 6.04 Å². The minimum atomic E-state index is -4.25. The maximum atomic E-state index is 12.3. The van der Waals surface area contributed by atoms with Crippen LogP contribution >= 0.6 is 0 Å². The summed E-state index contributed by atoms with van der Waals surface area (Å²) < 4.78 is 36.8. The Labute approximate surface area is 100 Å². The topological polar surface area (TPSA) is 12.0 Å². The smallest absolute Gasteiger partial charge is 0.310 e. The largest absolute Gasteiger partial charge is 0.416 e. The van der Waals surface area contributed by atoms with Gasteiger partial charge in [-0.15, -0.1) is 12.8 Å². The second-order valence-electron chi connectivity index (χ2n) is 3.40. The van der Waals surface area contributed by atoms with Gasteiger partial charge in [-0.25, -0.2) is 0 Å². The molecule has 0 bridgehead atoms. The highest BCUT2D eigenvalue weighted by molar-refractivity contribution is 5.26. The molecule has 1 aromatic rings. The average molecular weight is 243 g/mol. The standard InChI is InChI=1S/C11H14F3N.C2H2/c1-3-15-8(2)9-4-6-10(7-5-9)11(12,13)14;1-2/h4-8,15H,3H2,1-2H3;1-2H. The SMILES string of the molecule is C#C.CCNC(C)c1ccc(C(F)(F)F)cc1. The highest BCUT2D eigenvalue weighted by Crippen LogP contribution is 2.29. The van der Waals surface area contributed by atoms with Gasteiger partial charge in [-0.2, -0.15) is 13.2 Å². The molecule has 1 atom stereocenters. The molecule has 1 aromatic carbocycles. The second-order valence-corrected chi connectivity index (χ2v) is 3.40. The third-order valence-electron chi connectivity index (χ3n) is 2.25. The summed E-state index contributed by atoms with van der Waals surface area (Å²) in [5, 5.41) is 3.14. The predicted molar refractivity (Wildman–Crippen MR) is 63.4 cm³/mol. The van der Waals surface area contributed by atoms with E-state index in [1.54, 1.807) is 0 Å². The summed E-state index contributed by atoms with van der Waals surface area (Å²) >= 11 is 0. The Hall–Kier alpha value is -1.47. The van der Waals surface area contributed by atoms with Crippen LogP contribution in [0.3, 0.4) is 0 Å². The third-order valence-corrected chi connectivity index (χ3v) is 2.25. The number of hydrogen-bond donors (Lipinski definition) is 1. The Morgan fingerprint density at radius 2 is 1.65 bits per heavy atom. The number of alkyl halides is 3. The van der Waals surface area contributed by atoms with Crippen LogP contribution in [-0.2, 0) is 6.18 Å². The first-order valence-electron chi connectivity index (χ1n) is 5.19. The van der Waals surface area contributed by atoms with Crippen LogP contribution in [0, 0.1) is 12.8 Å². The fraction of sp³-hybridized carbons (Fsp3) is 0.385. The average Bonchev–Trinajstić information content (AvgIpc) is 2.31. The van der Waals surface area contributed by atoms with Gasteiger partial charge >= 0.3 is 6.18 Å². The van der Waals surface area contributed by atoms with Crippen LogP contribution in [0.2, 0.25) is 0 Å². The van der Waals surface area contributed by atoms with Gasteiger partial charge in [0, 0.05) is 6.04 Å². The Kier molecular flexibility index (Phi) is 6.37. The number of benzene rings is 1. The number of terminal acetylenes is 1. The van der Waals surface area contributed by atoms with E-state index in [4.69, 9.17) is 0 Å². The summed E-state index contributed by atoms with van der Waals surface area (Å²) in [7, 11) is 0. The molecular formula is C13H16F3N. The molecule has 0 aliphatic carbocycles. The maximum Gasteiger partial charge on any atom is 0.416 e. The minimum absolute atomic E-state index is 0.0808. The van der Waals surface area contributed by atoms with Crippen molar-refractivity contribution in [3.05, 3.63) is 35.4 Å². The number of rotatable bonds is 3. The normalized spacial score (nSPS) is 12.4. The van der Waals surface area contributed by atoms with Gasteiger partial charge in [-0.3, -0.25) is 0 Å². The van der Waals surface area contributed by atoms with Gasteiger partial charge in [-0.1, -0.05) is 19.1 Å². The first-order chi connectivity index (χ1) is 7.95. The molecule has 0 fully saturated rings. The van der Waals surface area contributed by atoms with Crippen LogP contribution in [0.5, 0.6) is 0 Å². The lowest BCUT2D eigenvalue weighted by atomic mass is 10.1. The molecule has 1 N–H and O–H groups in total. The summed E-state index contributed by atoms with van der Waals surface area (Å²) in [5.41, 5.74) is 0.264. The molecular weight excluding hydrogens is 227 g/mol. The van der Waals surface area contributed by atoms with Gasteiger partial charge in [0.1, 0.15) is 0 Å². The van der Waals surface area contributed by atoms with Gasteiger partial charge < -0.3 is 5.32 Å². The van der Waals surface area contributed by atoms with Crippen molar-refractivity contribution in [2.75, 3.05) is 6.54 Å². The molecule has 0 aliphatic rings. The fourth-order valence-corrected chi connectivity index (χ4v) is 1.38. The Bertz CT molecular complexity index is 338. The second kappa shape index (κ2) is 6.97. The Morgan fingerprint density at radius 1 is 1.18 bits per heavy atom. The zero-order valence-electron chi connectivity index (χ0n) is 9.88. The van der Waals surface area contributed by atoms with Crippen LogP contribution in [-0.4, -0.2) is 6.54 Å². The van der Waals surface area contributed by atoms with Crippen LogP contribution in [0.4, 0.5) is 13.2 Å². The van der Waals surface area contributed by atoms with E-state index in [2.05, 4.69) is 18.2 Å². The third kappa shape index (κ3) is 4.92. The van der Waals surface area contributed by atoms with E-state index in [9.17, 15) is 13.2 Å². The number of nitrogens with one attached hydrogen (secondary N) is 1. The van der Waals surface area contributed by atoms with Crippen molar-refractivity contribution in [1.29, 1.82) is 0 Å². The van der Waals surface area contributed by atoms with Crippen molar-refractivity contribution in [2.45, 2.75) is 26.1 Å². The zero-order valence-corrected chi connectivity index (χ0v) is 9.88. The lowest BCUT2D eigenvalue weighted by Crippen LogP contribution is -2.17. The molecule has 17 heavy (non-hydrogen) atoms. The molecule has 1 unspecified atom stereocenters. The van der Waals surface area contributed by atoms with Gasteiger partial charge in [0.15, 0.2) is 0 Å². The van der Waals surface area contributed by atoms with Gasteiger partial charge in [0.05, 0.1) is 5.56 Å². The van der Waals surface area contributed by atoms with E-state index < -0.39 is 11.7 Å². The van der Waals surface area contributed by atoms with Crippen molar-refractivity contribution < 1.29 is 13.2 Å². The Morgan fingerprint density at radius 3 is 2.00 bits per heavy atom. The fourth-order valence-electron chi connectivity index (χ4n) is 1.38. The van der Waals surface area contributed by atoms with Gasteiger partial charge in [-0.05, 0) is 31.2 Å². The quantitative estimate of drug-likeness (QED) is 0.799. The van der Waals surface area contributed by atoms with E-state index in [0.717, 1.165) is 24.2 Å². The van der Waals surface area contributed by atoms with E-state index in [1.807, 2.05) is 13.8 Å². The minimum Gasteiger partial charge on any atom is -0.310 e. The highest BCUT2D eigenvalue weighted by atomic mass is 19.4. The predicted octanol–water partition coefficient (Wildman–Crippen LogP) is 3.63. The molecule has 0 aromatic heterocycles. The molecule has 0 spiro atoms. The van der Waals surface area contributed by atoms with Crippen molar-refractivity contribution in [3.8, 4) is 12.8 Å². The summed E-state index contributed by atoms with van der Waals surface area (Å²) in [5.74, 6) is 0. The molecule has 1 nitrogen and oxygen atoms in total. The van der Waals surface area contributed by atoms with Crippen LogP contribution in [0.1, 0.15) is 31.0 Å². The monoisotopic (exact) mass is 243 g/mol. The molecule has 94 valence electrons. The number of halogens is 3. The summed E-state index contributed by atoms with van der Waals surface area (Å²) in [4.78, 5) is 0. The van der Waals surface area contributed by atoms with E-state index >= 15 is 0 Å². The molecule has 0 saturated heterocycles. The molecule has 0 amide bonds. The van der Waals surface area contributed by atoms with E-state index in [0.29, 0.717) is 0 Å². The number of hydrogen-bond acceptors (Lipinski definition) is 1. The van der Waals surface area contributed by atoms with Crippen LogP contribution < -0.4 is 5.32 Å². The lowest BCUT2D eigenvalue weighted by Gasteiger charge is -2.13. The first-order valence-corrected chi connectivity index (χ1v) is 5.19. The van der Waals surface area contributed by atoms with Crippen molar-refractivity contribution >= 4 is 0 Å². The van der Waals surface area contributed by atoms with Crippen molar-refractivity contribution in [1.82, 2.24) is 5.32 Å². The summed E-state index contributed by atoms with van der Waals surface area (Å²) in [6.07, 6.45) is 3.75. The summed E-state index contributed by atoms with van der Waals surface area (Å²) in [6, 6.07) is 5.33. The molecule has 0 aliphatic heterocycles. The van der Waals surface area contributed by atoms with Crippen molar-refractivity contribution in [2.24, 2.45) is 0 Å². The molecule has 0 radical (unpaired) electrons. The van der Waals surface area contributed by atoms with Crippen LogP contribution in [0.25, 0.3) is 0 Å².